The molecule has 0 aromatic heterocycles. The van der Waals surface area contributed by atoms with Crippen LogP contribution in [0.3, 0.4) is 0 Å². The first-order valence-electron chi connectivity index (χ1n) is 10.3. The number of hydrogen-bond acceptors (Lipinski definition) is 4. The first kappa shape index (κ1) is 21.4. The second-order valence-corrected chi connectivity index (χ2v) is 6.85. The number of rotatable bonds is 10. The molecular formula is C21H35N2O4+. The molecule has 1 fully saturated rings. The van der Waals surface area contributed by atoms with Crippen LogP contribution in [0.1, 0.15) is 57.3 Å². The van der Waals surface area contributed by atoms with Crippen molar-refractivity contribution in [2.24, 2.45) is 0 Å². The summed E-state index contributed by atoms with van der Waals surface area (Å²) in [5, 5.41) is 3.18. The van der Waals surface area contributed by atoms with Crippen molar-refractivity contribution >= 4 is 5.91 Å². The van der Waals surface area contributed by atoms with Gasteiger partial charge in [-0.2, -0.15) is 0 Å². The summed E-state index contributed by atoms with van der Waals surface area (Å²) in [5.41, 5.74) is 0.550. The fourth-order valence-corrected chi connectivity index (χ4v) is 3.56. The number of benzene rings is 1. The molecule has 1 heterocycles. The molecule has 0 aliphatic carbocycles. The Kier molecular flexibility index (Phi) is 8.72. The lowest BCUT2D eigenvalue weighted by Crippen LogP contribution is -3.13. The molecule has 0 bridgehead atoms. The van der Waals surface area contributed by atoms with Gasteiger partial charge in [0.05, 0.1) is 39.5 Å². The largest absolute Gasteiger partial charge is 0.490 e. The van der Waals surface area contributed by atoms with Crippen LogP contribution in [0, 0.1) is 0 Å². The van der Waals surface area contributed by atoms with Gasteiger partial charge in [0, 0.05) is 24.4 Å². The molecule has 1 amide bonds. The van der Waals surface area contributed by atoms with Crippen molar-refractivity contribution in [2.75, 3.05) is 39.5 Å². The van der Waals surface area contributed by atoms with Crippen LogP contribution in [0.15, 0.2) is 12.1 Å². The van der Waals surface area contributed by atoms with E-state index < -0.39 is 0 Å². The molecule has 6 nitrogen and oxygen atoms in total. The third-order valence-corrected chi connectivity index (χ3v) is 4.80. The lowest BCUT2D eigenvalue weighted by Gasteiger charge is -2.29. The molecule has 1 aliphatic heterocycles. The van der Waals surface area contributed by atoms with Crippen LogP contribution in [0.5, 0.6) is 17.2 Å². The first-order valence-corrected chi connectivity index (χ1v) is 10.3. The highest BCUT2D eigenvalue weighted by atomic mass is 16.5. The number of amides is 1. The van der Waals surface area contributed by atoms with Gasteiger partial charge in [-0.3, -0.25) is 4.79 Å². The molecule has 6 heteroatoms. The minimum absolute atomic E-state index is 0.0797. The van der Waals surface area contributed by atoms with E-state index in [9.17, 15) is 4.79 Å². The molecule has 1 saturated heterocycles. The number of carbonyl (C=O) groups is 1. The fourth-order valence-electron chi connectivity index (χ4n) is 3.56. The quantitative estimate of drug-likeness (QED) is 0.653. The Hall–Kier alpha value is -1.95. The van der Waals surface area contributed by atoms with Gasteiger partial charge in [-0.05, 0) is 39.3 Å². The number of hydrogen-bond donors (Lipinski definition) is 2. The Morgan fingerprint density at radius 1 is 1.00 bits per heavy atom. The fraction of sp³-hybridized carbons (Fsp3) is 0.667. The summed E-state index contributed by atoms with van der Waals surface area (Å²) >= 11 is 0. The van der Waals surface area contributed by atoms with E-state index in [1.54, 1.807) is 17.0 Å². The van der Waals surface area contributed by atoms with Crippen LogP contribution < -0.4 is 24.4 Å². The lowest BCUT2D eigenvalue weighted by molar-refractivity contribution is -0.905. The van der Waals surface area contributed by atoms with E-state index in [2.05, 4.69) is 12.2 Å². The van der Waals surface area contributed by atoms with E-state index in [1.807, 2.05) is 20.8 Å². The summed E-state index contributed by atoms with van der Waals surface area (Å²) in [6.45, 7) is 12.9. The monoisotopic (exact) mass is 379 g/mol. The van der Waals surface area contributed by atoms with Crippen molar-refractivity contribution in [1.29, 1.82) is 0 Å². The average molecular weight is 380 g/mol. The molecule has 152 valence electrons. The molecule has 2 N–H and O–H groups in total. The van der Waals surface area contributed by atoms with E-state index in [0.29, 0.717) is 42.6 Å². The highest BCUT2D eigenvalue weighted by Crippen LogP contribution is 2.39. The van der Waals surface area contributed by atoms with Crippen molar-refractivity contribution in [3.63, 3.8) is 0 Å². The smallest absolute Gasteiger partial charge is 0.251 e. The van der Waals surface area contributed by atoms with Gasteiger partial charge in [-0.25, -0.2) is 0 Å². The van der Waals surface area contributed by atoms with Crippen LogP contribution in [-0.4, -0.2) is 51.4 Å². The number of ether oxygens (including phenoxy) is 3. The van der Waals surface area contributed by atoms with Crippen LogP contribution in [0.4, 0.5) is 0 Å². The van der Waals surface area contributed by atoms with E-state index in [0.717, 1.165) is 25.9 Å². The van der Waals surface area contributed by atoms with Crippen LogP contribution in [-0.2, 0) is 0 Å². The lowest BCUT2D eigenvalue weighted by atomic mass is 10.0. The van der Waals surface area contributed by atoms with Gasteiger partial charge in [0.15, 0.2) is 11.5 Å². The van der Waals surface area contributed by atoms with Gasteiger partial charge in [0.1, 0.15) is 0 Å². The summed E-state index contributed by atoms with van der Waals surface area (Å²) in [5.74, 6) is 1.59. The predicted molar refractivity (Wildman–Crippen MR) is 106 cm³/mol. The van der Waals surface area contributed by atoms with Crippen LogP contribution in [0.2, 0.25) is 0 Å². The molecule has 1 aliphatic rings. The molecule has 1 aromatic carbocycles. The van der Waals surface area contributed by atoms with Crippen molar-refractivity contribution in [3.8, 4) is 17.2 Å². The zero-order chi connectivity index (χ0) is 19.6. The Balaban J connectivity index is 2.12. The molecular weight excluding hydrogens is 344 g/mol. The van der Waals surface area contributed by atoms with Crippen LogP contribution >= 0.6 is 0 Å². The maximum absolute atomic E-state index is 12.8. The van der Waals surface area contributed by atoms with Crippen molar-refractivity contribution < 1.29 is 23.9 Å². The van der Waals surface area contributed by atoms with Gasteiger partial charge in [0.25, 0.3) is 5.91 Å². The molecule has 0 atom stereocenters. The summed E-state index contributed by atoms with van der Waals surface area (Å²) in [6, 6.07) is 3.74. The number of piperidine rings is 1. The zero-order valence-electron chi connectivity index (χ0n) is 17.2. The average Bonchev–Trinajstić information content (AvgIpc) is 2.66. The Labute approximate surface area is 163 Å². The van der Waals surface area contributed by atoms with Gasteiger partial charge < -0.3 is 24.4 Å². The van der Waals surface area contributed by atoms with Crippen molar-refractivity contribution in [1.82, 2.24) is 5.32 Å². The molecule has 0 saturated carbocycles. The molecule has 2 rings (SSSR count). The SMILES string of the molecule is CCC[NH+]1CCC(NC(=O)c2cc(OCC)c(OCC)c(OCC)c2)CC1. The maximum Gasteiger partial charge on any atom is 0.251 e. The second kappa shape index (κ2) is 11.0. The van der Waals surface area contributed by atoms with Crippen molar-refractivity contribution in [2.45, 2.75) is 53.0 Å². The van der Waals surface area contributed by atoms with Crippen LogP contribution in [0.25, 0.3) is 0 Å². The molecule has 0 spiro atoms. The standard InChI is InChI=1S/C21H34N2O4/c1-5-11-23-12-9-17(10-13-23)22-21(24)16-14-18(25-6-2)20(27-8-4)19(15-16)26-7-3/h14-15,17H,5-13H2,1-4H3,(H,22,24)/p+1. The number of nitrogens with one attached hydrogen (secondary N) is 2. The maximum atomic E-state index is 12.8. The highest BCUT2D eigenvalue weighted by Gasteiger charge is 2.24. The summed E-state index contributed by atoms with van der Waals surface area (Å²) in [6.07, 6.45) is 3.25. The first-order chi connectivity index (χ1) is 13.1. The predicted octanol–water partition coefficient (Wildman–Crippen LogP) is 2.07. The summed E-state index contributed by atoms with van der Waals surface area (Å²) in [7, 11) is 0. The van der Waals surface area contributed by atoms with Gasteiger partial charge >= 0.3 is 0 Å². The highest BCUT2D eigenvalue weighted by molar-refractivity contribution is 5.95. The van der Waals surface area contributed by atoms with Gasteiger partial charge in [-0.15, -0.1) is 0 Å². The molecule has 0 radical (unpaired) electrons. The van der Waals surface area contributed by atoms with E-state index in [-0.39, 0.29) is 11.9 Å². The van der Waals surface area contributed by atoms with Gasteiger partial charge in [-0.1, -0.05) is 6.92 Å². The Morgan fingerprint density at radius 2 is 1.56 bits per heavy atom. The van der Waals surface area contributed by atoms with E-state index in [4.69, 9.17) is 14.2 Å². The van der Waals surface area contributed by atoms with Crippen molar-refractivity contribution in [3.05, 3.63) is 17.7 Å². The zero-order valence-corrected chi connectivity index (χ0v) is 17.2. The Bertz CT molecular complexity index is 571. The Morgan fingerprint density at radius 3 is 2.04 bits per heavy atom. The minimum Gasteiger partial charge on any atom is -0.490 e. The molecule has 1 aromatic rings. The number of quaternary nitrogens is 1. The molecule has 0 unspecified atom stereocenters. The minimum atomic E-state index is -0.0797. The normalized spacial score (nSPS) is 19.4. The second-order valence-electron chi connectivity index (χ2n) is 6.85. The van der Waals surface area contributed by atoms with Gasteiger partial charge in [0.2, 0.25) is 5.75 Å². The summed E-state index contributed by atoms with van der Waals surface area (Å²) in [4.78, 5) is 14.5. The van der Waals surface area contributed by atoms with E-state index >= 15 is 0 Å². The topological polar surface area (TPSA) is 61.2 Å². The number of likely N-dealkylation sites (tertiary alicyclic amines) is 1. The molecule has 27 heavy (non-hydrogen) atoms. The third-order valence-electron chi connectivity index (χ3n) is 4.80. The van der Waals surface area contributed by atoms with E-state index in [1.165, 1.54) is 13.0 Å². The third kappa shape index (κ3) is 6.03. The number of carbonyl (C=O) groups excluding carboxylic acids is 1. The summed E-state index contributed by atoms with van der Waals surface area (Å²) < 4.78 is 17.1.